The highest BCUT2D eigenvalue weighted by Crippen LogP contribution is 2.20. The maximum atomic E-state index is 10.2. The predicted molar refractivity (Wildman–Crippen MR) is 75.4 cm³/mol. The molecule has 6 nitrogen and oxygen atoms in total. The van der Waals surface area contributed by atoms with Gasteiger partial charge in [-0.1, -0.05) is 29.4 Å². The first-order valence-electron chi connectivity index (χ1n) is 6.11. The van der Waals surface area contributed by atoms with Crippen LogP contribution in [-0.2, 0) is 11.3 Å². The lowest BCUT2D eigenvalue weighted by Crippen LogP contribution is -2.21. The number of hydrogen-bond donors (Lipinski definition) is 2. The number of nitrogens with zero attached hydrogens (tertiary/aromatic N) is 2. The number of carbonyl (C=O) groups is 1. The lowest BCUT2D eigenvalue weighted by Gasteiger charge is -2.13. The van der Waals surface area contributed by atoms with Gasteiger partial charge in [-0.05, 0) is 0 Å². The summed E-state index contributed by atoms with van der Waals surface area (Å²) in [7, 11) is 3.67. The van der Waals surface area contributed by atoms with Gasteiger partial charge in [-0.15, -0.1) is 0 Å². The summed E-state index contributed by atoms with van der Waals surface area (Å²) in [6.07, 6.45) is 0.615. The van der Waals surface area contributed by atoms with Gasteiger partial charge >= 0.3 is 0 Å². The van der Waals surface area contributed by atoms with E-state index < -0.39 is 0 Å². The maximum Gasteiger partial charge on any atom is 0.207 e. The van der Waals surface area contributed by atoms with Crippen molar-refractivity contribution in [1.29, 1.82) is 5.41 Å². The fraction of sp³-hybridized carbons (Fsp3) is 0.214. The summed E-state index contributed by atoms with van der Waals surface area (Å²) in [4.78, 5) is 12.0. The molecule has 0 saturated heterocycles. The van der Waals surface area contributed by atoms with Crippen LogP contribution >= 0.6 is 0 Å². The molecule has 1 heterocycles. The van der Waals surface area contributed by atoms with Crippen LogP contribution in [0.4, 0.5) is 0 Å². The van der Waals surface area contributed by atoms with Crippen LogP contribution in [0.2, 0.25) is 0 Å². The molecule has 0 aliphatic rings. The molecule has 0 atom stereocenters. The fourth-order valence-electron chi connectivity index (χ4n) is 1.73. The molecule has 0 unspecified atom stereocenters. The number of benzene rings is 1. The molecule has 0 radical (unpaired) electrons. The molecule has 0 saturated carbocycles. The molecular weight excluding hydrogens is 256 g/mol. The number of rotatable bonds is 5. The molecule has 2 aromatic rings. The van der Waals surface area contributed by atoms with Crippen molar-refractivity contribution in [2.24, 2.45) is 0 Å². The number of aromatic nitrogens is 1. The van der Waals surface area contributed by atoms with Crippen LogP contribution in [0.25, 0.3) is 11.3 Å². The van der Waals surface area contributed by atoms with Gasteiger partial charge in [0, 0.05) is 31.3 Å². The summed E-state index contributed by atoms with van der Waals surface area (Å²) in [5.41, 5.74) is 2.45. The average Bonchev–Trinajstić information content (AvgIpc) is 2.93. The Morgan fingerprint density at radius 3 is 2.70 bits per heavy atom. The Balaban J connectivity index is 2.15. The Bertz CT molecular complexity index is 602. The van der Waals surface area contributed by atoms with Gasteiger partial charge in [-0.3, -0.25) is 10.2 Å². The van der Waals surface area contributed by atoms with Crippen molar-refractivity contribution < 1.29 is 9.32 Å². The Morgan fingerprint density at radius 1 is 1.40 bits per heavy atom. The van der Waals surface area contributed by atoms with Crippen molar-refractivity contribution in [3.8, 4) is 11.3 Å². The largest absolute Gasteiger partial charge is 0.363 e. The van der Waals surface area contributed by atoms with E-state index in [1.807, 2.05) is 38.4 Å². The first kappa shape index (κ1) is 13.8. The predicted octanol–water partition coefficient (Wildman–Crippen LogP) is 1.47. The number of nitrogens with one attached hydrogen (secondary N) is 2. The van der Waals surface area contributed by atoms with Crippen molar-refractivity contribution in [3.63, 3.8) is 0 Å². The second-order valence-electron chi connectivity index (χ2n) is 4.50. The highest BCUT2D eigenvalue weighted by atomic mass is 16.5. The molecule has 0 aliphatic carbocycles. The molecule has 0 fully saturated rings. The molecule has 2 rings (SSSR count). The van der Waals surface area contributed by atoms with E-state index >= 15 is 0 Å². The summed E-state index contributed by atoms with van der Waals surface area (Å²) in [5, 5.41) is 14.4. The zero-order valence-electron chi connectivity index (χ0n) is 11.4. The number of carbonyl (C=O) groups excluding carboxylic acids is 1. The van der Waals surface area contributed by atoms with Gasteiger partial charge in [0.2, 0.25) is 6.41 Å². The lowest BCUT2D eigenvalue weighted by molar-refractivity contribution is -0.109. The van der Waals surface area contributed by atoms with Crippen molar-refractivity contribution in [2.45, 2.75) is 6.54 Å². The topological polar surface area (TPSA) is 82.2 Å². The first-order chi connectivity index (χ1) is 9.61. The van der Waals surface area contributed by atoms with Crippen LogP contribution in [-0.4, -0.2) is 36.4 Å². The first-order valence-corrected chi connectivity index (χ1v) is 6.11. The fourth-order valence-corrected chi connectivity index (χ4v) is 1.73. The minimum absolute atomic E-state index is 0.319. The molecular formula is C14H16N4O2. The van der Waals surface area contributed by atoms with Crippen molar-refractivity contribution >= 4 is 12.2 Å². The minimum Gasteiger partial charge on any atom is -0.363 e. The molecule has 2 N–H and O–H groups in total. The molecule has 0 spiro atoms. The maximum absolute atomic E-state index is 10.2. The smallest absolute Gasteiger partial charge is 0.207 e. The van der Waals surface area contributed by atoms with Gasteiger partial charge < -0.3 is 14.7 Å². The minimum atomic E-state index is 0.319. The van der Waals surface area contributed by atoms with E-state index in [1.165, 1.54) is 0 Å². The Labute approximate surface area is 116 Å². The summed E-state index contributed by atoms with van der Waals surface area (Å²) in [6, 6.07) is 9.30. The summed E-state index contributed by atoms with van der Waals surface area (Å²) < 4.78 is 5.12. The molecule has 1 amide bonds. The standard InChI is InChI=1S/C14H16N4O2/c1-18(2)14(15)11-5-3-10(4-6-11)13-7-12(20-17-13)8-16-9-19/h3-7,9,15H,8H2,1-2H3,(H,16,19). The van der Waals surface area contributed by atoms with Gasteiger partial charge in [0.1, 0.15) is 11.5 Å². The van der Waals surface area contributed by atoms with Crippen LogP contribution in [0.3, 0.4) is 0 Å². The van der Waals surface area contributed by atoms with Gasteiger partial charge in [-0.2, -0.15) is 0 Å². The second-order valence-corrected chi connectivity index (χ2v) is 4.50. The van der Waals surface area contributed by atoms with E-state index in [4.69, 9.17) is 9.93 Å². The molecule has 1 aromatic carbocycles. The molecule has 104 valence electrons. The third-order valence-electron chi connectivity index (χ3n) is 2.82. The number of amides is 1. The van der Waals surface area contributed by atoms with Crippen LogP contribution < -0.4 is 5.32 Å². The van der Waals surface area contributed by atoms with Gasteiger partial charge in [0.05, 0.1) is 6.54 Å². The van der Waals surface area contributed by atoms with E-state index in [0.29, 0.717) is 30.2 Å². The summed E-state index contributed by atoms with van der Waals surface area (Å²) in [6.45, 7) is 0.319. The quantitative estimate of drug-likeness (QED) is 0.490. The van der Waals surface area contributed by atoms with Gasteiger partial charge in [0.15, 0.2) is 5.76 Å². The number of hydrogen-bond acceptors (Lipinski definition) is 4. The Kier molecular flexibility index (Phi) is 4.14. The van der Waals surface area contributed by atoms with Crippen molar-refractivity contribution in [1.82, 2.24) is 15.4 Å². The second kappa shape index (κ2) is 6.01. The molecule has 6 heteroatoms. The summed E-state index contributed by atoms with van der Waals surface area (Å²) in [5.74, 6) is 1.05. The van der Waals surface area contributed by atoms with Crippen LogP contribution in [0.1, 0.15) is 11.3 Å². The molecule has 0 bridgehead atoms. The van der Waals surface area contributed by atoms with E-state index in [0.717, 1.165) is 11.1 Å². The number of amidine groups is 1. The summed E-state index contributed by atoms with van der Waals surface area (Å²) >= 11 is 0. The van der Waals surface area contributed by atoms with Crippen LogP contribution in [0, 0.1) is 5.41 Å². The van der Waals surface area contributed by atoms with E-state index in [2.05, 4.69) is 10.5 Å². The van der Waals surface area contributed by atoms with Crippen molar-refractivity contribution in [3.05, 3.63) is 41.7 Å². The Hall–Kier alpha value is -2.63. The SMILES string of the molecule is CN(C)C(=N)c1ccc(-c2cc(CNC=O)on2)cc1. The third kappa shape index (κ3) is 3.03. The lowest BCUT2D eigenvalue weighted by atomic mass is 10.1. The highest BCUT2D eigenvalue weighted by molar-refractivity contribution is 5.96. The highest BCUT2D eigenvalue weighted by Gasteiger charge is 2.08. The zero-order valence-corrected chi connectivity index (χ0v) is 11.4. The van der Waals surface area contributed by atoms with Crippen molar-refractivity contribution in [2.75, 3.05) is 14.1 Å². The normalized spacial score (nSPS) is 10.1. The van der Waals surface area contributed by atoms with Crippen LogP contribution in [0.15, 0.2) is 34.9 Å². The van der Waals surface area contributed by atoms with E-state index in [1.54, 1.807) is 11.0 Å². The third-order valence-corrected chi connectivity index (χ3v) is 2.82. The molecule has 20 heavy (non-hydrogen) atoms. The van der Waals surface area contributed by atoms with E-state index in [9.17, 15) is 4.79 Å². The average molecular weight is 272 g/mol. The molecule has 0 aliphatic heterocycles. The Morgan fingerprint density at radius 2 is 2.10 bits per heavy atom. The van der Waals surface area contributed by atoms with Gasteiger partial charge in [0.25, 0.3) is 0 Å². The van der Waals surface area contributed by atoms with Crippen LogP contribution in [0.5, 0.6) is 0 Å². The molecule has 1 aromatic heterocycles. The van der Waals surface area contributed by atoms with Gasteiger partial charge in [-0.25, -0.2) is 0 Å². The zero-order chi connectivity index (χ0) is 14.5. The van der Waals surface area contributed by atoms with E-state index in [-0.39, 0.29) is 0 Å². The monoisotopic (exact) mass is 272 g/mol.